The van der Waals surface area contributed by atoms with Crippen molar-refractivity contribution < 1.29 is -4.17 Å². The zero-order chi connectivity index (χ0) is 5.45. The molecule has 0 heterocycles. The second-order valence-corrected chi connectivity index (χ2v) is 119. The summed E-state index contributed by atoms with van der Waals surface area (Å²) >= 11 is 12.7. The summed E-state index contributed by atoms with van der Waals surface area (Å²) in [6.07, 6.45) is 0. The first-order chi connectivity index (χ1) is 2.24. The summed E-state index contributed by atoms with van der Waals surface area (Å²) in [6.45, 7) is 0. The molecule has 7 heavy (non-hydrogen) atoms. The number of halogens is 5. The van der Waals surface area contributed by atoms with Crippen molar-refractivity contribution in [2.45, 2.75) is 0 Å². The van der Waals surface area contributed by atoms with E-state index in [1.54, 1.807) is 0 Å². The van der Waals surface area contributed by atoms with Gasteiger partial charge in [0.25, 0.3) is 0 Å². The molecule has 0 aromatic rings. The fourth-order valence-corrected chi connectivity index (χ4v) is 0. The molecule has 0 spiro atoms. The quantitative estimate of drug-likeness (QED) is 0.250. The van der Waals surface area contributed by atoms with Gasteiger partial charge in [-0.05, 0) is 0 Å². The number of rotatable bonds is 0. The Morgan fingerprint density at radius 1 is 0.714 bits per heavy atom. The van der Waals surface area contributed by atoms with E-state index in [4.69, 9.17) is 0 Å². The van der Waals surface area contributed by atoms with Gasteiger partial charge in [-0.2, -0.15) is 0 Å². The predicted molar refractivity (Wildman–Crippen MR) is 76.5 cm³/mol. The average molecular weight is 700 g/mol. The standard InChI is InChI=1S/CH3.5HI.V/h1H3;5*1H;/q-1;;;;;;+5/p-5. The molecule has 0 fully saturated rings. The third-order valence-corrected chi connectivity index (χ3v) is 0. The molecule has 0 nitrogen and oxygen atoms in total. The summed E-state index contributed by atoms with van der Waals surface area (Å²) in [5, 5.41) is 0. The first kappa shape index (κ1) is 13.8. The molecule has 0 N–H and O–H groups in total. The van der Waals surface area contributed by atoms with Crippen molar-refractivity contribution in [2.24, 2.45) is 0 Å². The van der Waals surface area contributed by atoms with Gasteiger partial charge in [0, 0.05) is 0 Å². The average Bonchev–Trinajstić information content (AvgIpc) is 0.650. The Bertz CT molecular complexity index is 41.3. The molecule has 0 radical (unpaired) electrons. The van der Waals surface area contributed by atoms with Gasteiger partial charge < -0.3 is 7.43 Å². The third-order valence-electron chi connectivity index (χ3n) is 0. The second-order valence-electron chi connectivity index (χ2n) is 0.639. The van der Waals surface area contributed by atoms with E-state index in [2.05, 4.69) is 99.9 Å². The van der Waals surface area contributed by atoms with Crippen LogP contribution in [0.4, 0.5) is 0 Å². The van der Waals surface area contributed by atoms with Gasteiger partial charge in [0.05, 0.1) is 0 Å². The third kappa shape index (κ3) is 38.7. The van der Waals surface area contributed by atoms with Crippen LogP contribution < -0.4 is 0 Å². The van der Waals surface area contributed by atoms with E-state index >= 15 is 0 Å². The molecule has 0 saturated carbocycles. The van der Waals surface area contributed by atoms with Gasteiger partial charge in [-0.25, -0.2) is 0 Å². The van der Waals surface area contributed by atoms with E-state index in [-0.39, 0.29) is 7.43 Å². The fourth-order valence-electron chi connectivity index (χ4n) is 0. The fraction of sp³-hybridized carbons (Fsp3) is 0. The number of hydrogen-bond donors (Lipinski definition) is 0. The van der Waals surface area contributed by atoms with Crippen molar-refractivity contribution >= 4 is 99.9 Å². The summed E-state index contributed by atoms with van der Waals surface area (Å²) in [6, 6.07) is 0. The van der Waals surface area contributed by atoms with Crippen molar-refractivity contribution in [1.82, 2.24) is 0 Å². The first-order valence-corrected chi connectivity index (χ1v) is 23.4. The van der Waals surface area contributed by atoms with E-state index in [0.717, 1.165) is 0 Å². The summed E-state index contributed by atoms with van der Waals surface area (Å²) in [5.74, 6) is 0. The molecular weight excluding hydrogens is 697 g/mol. The second kappa shape index (κ2) is 4.31. The van der Waals surface area contributed by atoms with Crippen LogP contribution in [0.5, 0.6) is 0 Å². The van der Waals surface area contributed by atoms with Gasteiger partial charge in [-0.15, -0.1) is 0 Å². The molecule has 0 aromatic heterocycles. The molecule has 0 saturated heterocycles. The number of hydrogen-bond acceptors (Lipinski definition) is 0. The van der Waals surface area contributed by atoms with E-state index in [1.807, 2.05) is 0 Å². The molecule has 0 amide bonds. The maximum atomic E-state index is 2.54. The van der Waals surface area contributed by atoms with Crippen LogP contribution in [0, 0.1) is 7.43 Å². The minimum atomic E-state index is -1.64. The Morgan fingerprint density at radius 3 is 0.714 bits per heavy atom. The van der Waals surface area contributed by atoms with Crippen molar-refractivity contribution in [3.63, 3.8) is 0 Å². The maximum absolute atomic E-state index is 2.54. The van der Waals surface area contributed by atoms with E-state index in [1.165, 1.54) is 0 Å². The molecule has 0 bridgehead atoms. The molecule has 48 valence electrons. The Balaban J connectivity index is 0. The molecular formula is CH3I5V-. The van der Waals surface area contributed by atoms with E-state index < -0.39 is -4.17 Å². The van der Waals surface area contributed by atoms with E-state index in [0.29, 0.717) is 0 Å². The molecule has 0 aliphatic heterocycles. The van der Waals surface area contributed by atoms with Crippen LogP contribution in [0.25, 0.3) is 0 Å². The minimum absolute atomic E-state index is 0. The Hall–Kier alpha value is 4.23. The molecule has 6 heteroatoms. The molecule has 0 aromatic carbocycles. The van der Waals surface area contributed by atoms with Gasteiger partial charge in [-0.3, -0.25) is 0 Å². The molecule has 0 rings (SSSR count). The van der Waals surface area contributed by atoms with Crippen LogP contribution in [0.1, 0.15) is 0 Å². The monoisotopic (exact) mass is 700 g/mol. The first-order valence-electron chi connectivity index (χ1n) is 0.845. The zero-order valence-corrected chi connectivity index (χ0v) is 15.5. The molecule has 0 atom stereocenters. The zero-order valence-electron chi connectivity index (χ0n) is 3.34. The Kier molecular flexibility index (Phi) is 8.49. The van der Waals surface area contributed by atoms with Gasteiger partial charge >= 0.3 is 95.7 Å². The normalized spacial score (nSPS) is 16.4. The summed E-state index contributed by atoms with van der Waals surface area (Å²) < 4.78 is -1.64. The topological polar surface area (TPSA) is 0 Å². The van der Waals surface area contributed by atoms with Crippen LogP contribution in [0.3, 0.4) is 0 Å². The van der Waals surface area contributed by atoms with E-state index in [9.17, 15) is 0 Å². The van der Waals surface area contributed by atoms with Crippen molar-refractivity contribution in [3.8, 4) is 0 Å². The summed E-state index contributed by atoms with van der Waals surface area (Å²) in [5.41, 5.74) is 0. The van der Waals surface area contributed by atoms with Crippen LogP contribution in [0.2, 0.25) is 0 Å². The van der Waals surface area contributed by atoms with Crippen molar-refractivity contribution in [1.29, 1.82) is 0 Å². The van der Waals surface area contributed by atoms with Gasteiger partial charge in [0.15, 0.2) is 0 Å². The predicted octanol–water partition coefficient (Wildman–Crippen LogP) is 4.88. The Labute approximate surface area is 99.8 Å². The van der Waals surface area contributed by atoms with Gasteiger partial charge in [-0.1, -0.05) is 0 Å². The van der Waals surface area contributed by atoms with Gasteiger partial charge in [0.2, 0.25) is 0 Å². The summed E-state index contributed by atoms with van der Waals surface area (Å²) in [4.78, 5) is 0. The van der Waals surface area contributed by atoms with Gasteiger partial charge in [0.1, 0.15) is 0 Å². The molecule has 0 aliphatic rings. The van der Waals surface area contributed by atoms with Crippen molar-refractivity contribution in [3.05, 3.63) is 7.43 Å². The van der Waals surface area contributed by atoms with Crippen LogP contribution in [0.15, 0.2) is 0 Å². The molecule has 0 aliphatic carbocycles. The summed E-state index contributed by atoms with van der Waals surface area (Å²) in [7, 11) is 0. The Morgan fingerprint density at radius 2 is 0.714 bits per heavy atom. The molecule has 0 unspecified atom stereocenters. The van der Waals surface area contributed by atoms with Crippen LogP contribution in [-0.2, 0) is -4.17 Å². The SMILES string of the molecule is [CH3-].[I][V]([I])([I])([I])[I]. The van der Waals surface area contributed by atoms with Crippen LogP contribution in [-0.4, -0.2) is 0 Å². The van der Waals surface area contributed by atoms with Crippen molar-refractivity contribution in [2.75, 3.05) is 0 Å². The van der Waals surface area contributed by atoms with Crippen LogP contribution >= 0.6 is 99.9 Å².